The van der Waals surface area contributed by atoms with Gasteiger partial charge in [0, 0.05) is 13.5 Å². The second-order valence-corrected chi connectivity index (χ2v) is 3.86. The number of aromatic nitrogens is 2. The van der Waals surface area contributed by atoms with Crippen LogP contribution in [0.25, 0.3) is 11.5 Å². The summed E-state index contributed by atoms with van der Waals surface area (Å²) >= 11 is 0. The van der Waals surface area contributed by atoms with Gasteiger partial charge in [-0.1, -0.05) is 12.1 Å². The Morgan fingerprint density at radius 1 is 1.37 bits per heavy atom. The van der Waals surface area contributed by atoms with Crippen LogP contribution in [0.2, 0.25) is 0 Å². The maximum Gasteiger partial charge on any atom is 0.250 e. The second kappa shape index (κ2) is 6.10. The molecule has 0 bridgehead atoms. The van der Waals surface area contributed by atoms with E-state index >= 15 is 0 Å². The first-order valence-electron chi connectivity index (χ1n) is 5.97. The van der Waals surface area contributed by atoms with Crippen molar-refractivity contribution < 1.29 is 13.9 Å². The van der Waals surface area contributed by atoms with Crippen molar-refractivity contribution >= 4 is 11.6 Å². The molecule has 2 rings (SSSR count). The van der Waals surface area contributed by atoms with Gasteiger partial charge in [0.25, 0.3) is 0 Å². The summed E-state index contributed by atoms with van der Waals surface area (Å²) in [4.78, 5) is 11.7. The molecular formula is C13H15N3O3. The minimum absolute atomic E-state index is 0.0215. The zero-order valence-electron chi connectivity index (χ0n) is 10.8. The minimum atomic E-state index is -0.217. The minimum Gasteiger partial charge on any atom is -0.421 e. The third-order valence-electron chi connectivity index (χ3n) is 2.39. The van der Waals surface area contributed by atoms with Gasteiger partial charge in [0.05, 0.1) is 11.3 Å². The summed E-state index contributed by atoms with van der Waals surface area (Å²) in [7, 11) is 0. The van der Waals surface area contributed by atoms with Crippen molar-refractivity contribution in [3.63, 3.8) is 0 Å². The van der Waals surface area contributed by atoms with Crippen molar-refractivity contribution in [1.29, 1.82) is 0 Å². The number of para-hydroxylation sites is 1. The van der Waals surface area contributed by atoms with Gasteiger partial charge in [-0.2, -0.15) is 0 Å². The number of amides is 1. The van der Waals surface area contributed by atoms with Crippen LogP contribution in [0.1, 0.15) is 12.8 Å². The predicted octanol–water partition coefficient (Wildman–Crippen LogP) is 2.02. The number of ether oxygens (including phenoxy) is 1. The molecule has 1 amide bonds. The van der Waals surface area contributed by atoms with Gasteiger partial charge < -0.3 is 14.5 Å². The Morgan fingerprint density at radius 3 is 2.84 bits per heavy atom. The number of nitrogens with one attached hydrogen (secondary N) is 1. The molecule has 0 radical (unpaired) electrons. The average Bonchev–Trinajstić information content (AvgIpc) is 2.83. The number of nitrogens with zero attached hydrogens (tertiary/aromatic N) is 2. The summed E-state index contributed by atoms with van der Waals surface area (Å²) < 4.78 is 10.4. The number of anilines is 1. The van der Waals surface area contributed by atoms with Crippen molar-refractivity contribution in [3.05, 3.63) is 30.2 Å². The quantitative estimate of drug-likeness (QED) is 0.891. The molecule has 0 unspecified atom stereocenters. The molecule has 0 fully saturated rings. The van der Waals surface area contributed by atoms with Crippen LogP contribution in [-0.4, -0.2) is 29.3 Å². The van der Waals surface area contributed by atoms with Gasteiger partial charge >= 0.3 is 0 Å². The Balaban J connectivity index is 2.19. The molecule has 100 valence electrons. The Bertz CT molecular complexity index is 566. The molecular weight excluding hydrogens is 246 g/mol. The van der Waals surface area contributed by atoms with Crippen LogP contribution in [0, 0.1) is 6.92 Å². The summed E-state index contributed by atoms with van der Waals surface area (Å²) in [6, 6.07) is 7.25. The van der Waals surface area contributed by atoms with Gasteiger partial charge in [-0.15, -0.1) is 10.2 Å². The predicted molar refractivity (Wildman–Crippen MR) is 69.6 cm³/mol. The first-order chi connectivity index (χ1) is 9.20. The molecule has 0 atom stereocenters. The van der Waals surface area contributed by atoms with E-state index in [1.165, 1.54) is 0 Å². The molecule has 1 heterocycles. The molecule has 0 saturated heterocycles. The third kappa shape index (κ3) is 3.38. The van der Waals surface area contributed by atoms with E-state index in [1.807, 2.05) is 25.1 Å². The second-order valence-electron chi connectivity index (χ2n) is 3.86. The highest BCUT2D eigenvalue weighted by Gasteiger charge is 2.12. The average molecular weight is 261 g/mol. The lowest BCUT2D eigenvalue weighted by Crippen LogP contribution is -2.18. The topological polar surface area (TPSA) is 77.2 Å². The summed E-state index contributed by atoms with van der Waals surface area (Å²) in [5.74, 6) is 0.640. The number of carbonyl (C=O) groups excluding carboxylic acids is 1. The lowest BCUT2D eigenvalue weighted by atomic mass is 10.2. The van der Waals surface area contributed by atoms with E-state index in [0.717, 1.165) is 0 Å². The van der Waals surface area contributed by atoms with Gasteiger partial charge in [-0.3, -0.25) is 4.79 Å². The molecule has 0 saturated carbocycles. The zero-order valence-corrected chi connectivity index (χ0v) is 10.8. The van der Waals surface area contributed by atoms with Crippen LogP contribution in [0.3, 0.4) is 0 Å². The normalized spacial score (nSPS) is 10.4. The smallest absolute Gasteiger partial charge is 0.250 e. The van der Waals surface area contributed by atoms with Crippen LogP contribution in [0.5, 0.6) is 0 Å². The zero-order chi connectivity index (χ0) is 13.7. The van der Waals surface area contributed by atoms with Crippen LogP contribution in [0.4, 0.5) is 5.69 Å². The summed E-state index contributed by atoms with van der Waals surface area (Å²) in [6.45, 7) is 4.07. The fraction of sp³-hybridized carbons (Fsp3) is 0.308. The summed E-state index contributed by atoms with van der Waals surface area (Å²) in [5.41, 5.74) is 1.31. The highest BCUT2D eigenvalue weighted by Crippen LogP contribution is 2.26. The first-order valence-corrected chi connectivity index (χ1v) is 5.97. The van der Waals surface area contributed by atoms with E-state index in [4.69, 9.17) is 9.15 Å². The highest BCUT2D eigenvalue weighted by molar-refractivity contribution is 5.95. The molecule has 1 N–H and O–H groups in total. The molecule has 2 aromatic rings. The molecule has 0 spiro atoms. The maximum absolute atomic E-state index is 11.7. The number of carbonyl (C=O) groups is 1. The fourth-order valence-electron chi connectivity index (χ4n) is 1.57. The number of hydrogen-bond donors (Lipinski definition) is 1. The van der Waals surface area contributed by atoms with E-state index in [9.17, 15) is 4.79 Å². The van der Waals surface area contributed by atoms with Crippen LogP contribution in [0.15, 0.2) is 28.7 Å². The SMILES string of the molecule is CCOCC(=O)Nc1ccccc1-c1nnc(C)o1. The van der Waals surface area contributed by atoms with Crippen molar-refractivity contribution in [1.82, 2.24) is 10.2 Å². The molecule has 0 aliphatic rings. The standard InChI is InChI=1S/C13H15N3O3/c1-3-18-8-12(17)14-11-7-5-4-6-10(11)13-16-15-9(2)19-13/h4-7H,3,8H2,1-2H3,(H,14,17). The van der Waals surface area contributed by atoms with Crippen molar-refractivity contribution in [3.8, 4) is 11.5 Å². The monoisotopic (exact) mass is 261 g/mol. The summed E-state index contributed by atoms with van der Waals surface area (Å²) in [5, 5.41) is 10.5. The fourth-order valence-corrected chi connectivity index (χ4v) is 1.57. The van der Waals surface area contributed by atoms with Crippen LogP contribution < -0.4 is 5.32 Å². The molecule has 1 aromatic carbocycles. The van der Waals surface area contributed by atoms with Crippen LogP contribution >= 0.6 is 0 Å². The molecule has 1 aromatic heterocycles. The van der Waals surface area contributed by atoms with E-state index in [0.29, 0.717) is 29.6 Å². The summed E-state index contributed by atoms with van der Waals surface area (Å²) in [6.07, 6.45) is 0. The lowest BCUT2D eigenvalue weighted by molar-refractivity contribution is -0.120. The first kappa shape index (κ1) is 13.2. The van der Waals surface area contributed by atoms with Gasteiger partial charge in [0.15, 0.2) is 0 Å². The van der Waals surface area contributed by atoms with Gasteiger partial charge in [-0.25, -0.2) is 0 Å². The number of aryl methyl sites for hydroxylation is 1. The highest BCUT2D eigenvalue weighted by atomic mass is 16.5. The van der Waals surface area contributed by atoms with Crippen molar-refractivity contribution in [2.24, 2.45) is 0 Å². The maximum atomic E-state index is 11.7. The largest absolute Gasteiger partial charge is 0.421 e. The number of rotatable bonds is 5. The number of hydrogen-bond acceptors (Lipinski definition) is 5. The Hall–Kier alpha value is -2.21. The van der Waals surface area contributed by atoms with E-state index in [2.05, 4.69) is 15.5 Å². The van der Waals surface area contributed by atoms with Gasteiger partial charge in [-0.05, 0) is 19.1 Å². The molecule has 6 heteroatoms. The molecule has 0 aliphatic carbocycles. The third-order valence-corrected chi connectivity index (χ3v) is 2.39. The Kier molecular flexibility index (Phi) is 4.25. The van der Waals surface area contributed by atoms with Crippen molar-refractivity contribution in [2.75, 3.05) is 18.5 Å². The Labute approximate surface area is 110 Å². The molecule has 19 heavy (non-hydrogen) atoms. The lowest BCUT2D eigenvalue weighted by Gasteiger charge is -2.08. The van der Waals surface area contributed by atoms with Gasteiger partial charge in [0.2, 0.25) is 17.7 Å². The van der Waals surface area contributed by atoms with Gasteiger partial charge in [0.1, 0.15) is 6.61 Å². The van der Waals surface area contributed by atoms with Crippen LogP contribution in [-0.2, 0) is 9.53 Å². The Morgan fingerprint density at radius 2 is 2.16 bits per heavy atom. The number of benzene rings is 1. The van der Waals surface area contributed by atoms with Crippen molar-refractivity contribution in [2.45, 2.75) is 13.8 Å². The van der Waals surface area contributed by atoms with E-state index in [1.54, 1.807) is 13.0 Å². The molecule has 0 aliphatic heterocycles. The molecule has 6 nitrogen and oxygen atoms in total. The van der Waals surface area contributed by atoms with E-state index < -0.39 is 0 Å². The van der Waals surface area contributed by atoms with E-state index in [-0.39, 0.29) is 12.5 Å².